The molecule has 0 heterocycles. The summed E-state index contributed by atoms with van der Waals surface area (Å²) in [4.78, 5) is 0. The molecule has 2 unspecified atom stereocenters. The first-order valence-electron chi connectivity index (χ1n) is 19.1. The SMILES string of the molecule is CCCCC(CC)CCc1cccc(-c2ccc(-c3ccc(-c4ccc(-c5ccccc5)cc4)cc3)cc2)c1CCC(CC)CCCC. The first-order chi connectivity index (χ1) is 23.6. The minimum Gasteiger partial charge on any atom is -0.0654 e. The van der Waals surface area contributed by atoms with Gasteiger partial charge in [0, 0.05) is 0 Å². The van der Waals surface area contributed by atoms with Crippen LogP contribution < -0.4 is 0 Å². The predicted molar refractivity (Wildman–Crippen MR) is 211 cm³/mol. The van der Waals surface area contributed by atoms with Crippen LogP contribution in [0.4, 0.5) is 0 Å². The molecule has 48 heavy (non-hydrogen) atoms. The second-order valence-corrected chi connectivity index (χ2v) is 14.0. The maximum atomic E-state index is 2.43. The molecule has 0 amide bonds. The zero-order chi connectivity index (χ0) is 33.6. The average molecular weight is 635 g/mol. The van der Waals surface area contributed by atoms with Crippen LogP contribution in [0.25, 0.3) is 44.5 Å². The lowest BCUT2D eigenvalue weighted by Crippen LogP contribution is -2.07. The van der Waals surface area contributed by atoms with Gasteiger partial charge < -0.3 is 0 Å². The van der Waals surface area contributed by atoms with Crippen LogP contribution in [0.5, 0.6) is 0 Å². The molecule has 0 heteroatoms. The third-order valence-electron chi connectivity index (χ3n) is 10.7. The lowest BCUT2D eigenvalue weighted by molar-refractivity contribution is 0.416. The van der Waals surface area contributed by atoms with Gasteiger partial charge in [-0.3, -0.25) is 0 Å². The molecule has 0 spiro atoms. The van der Waals surface area contributed by atoms with Crippen LogP contribution in [0.2, 0.25) is 0 Å². The van der Waals surface area contributed by atoms with Crippen LogP contribution in [-0.4, -0.2) is 0 Å². The Hall–Kier alpha value is -3.90. The van der Waals surface area contributed by atoms with Crippen molar-refractivity contribution in [3.63, 3.8) is 0 Å². The molecule has 0 aliphatic heterocycles. The molecule has 0 aliphatic rings. The van der Waals surface area contributed by atoms with E-state index in [-0.39, 0.29) is 0 Å². The summed E-state index contributed by atoms with van der Waals surface area (Å²) in [7, 11) is 0. The third kappa shape index (κ3) is 9.59. The van der Waals surface area contributed by atoms with Crippen molar-refractivity contribution in [1.82, 2.24) is 0 Å². The Balaban J connectivity index is 1.34. The Labute approximate surface area is 292 Å². The highest BCUT2D eigenvalue weighted by Gasteiger charge is 2.15. The van der Waals surface area contributed by atoms with E-state index in [0.717, 1.165) is 11.8 Å². The molecule has 2 atom stereocenters. The van der Waals surface area contributed by atoms with Gasteiger partial charge >= 0.3 is 0 Å². The molecule has 0 saturated heterocycles. The molecule has 0 bridgehead atoms. The summed E-state index contributed by atoms with van der Waals surface area (Å²) in [5.74, 6) is 1.67. The number of hydrogen-bond donors (Lipinski definition) is 0. The summed E-state index contributed by atoms with van der Waals surface area (Å²) >= 11 is 0. The van der Waals surface area contributed by atoms with Crippen LogP contribution in [0.1, 0.15) is 103 Å². The fourth-order valence-electron chi connectivity index (χ4n) is 7.42. The van der Waals surface area contributed by atoms with Crippen molar-refractivity contribution in [3.8, 4) is 44.5 Å². The largest absolute Gasteiger partial charge is 0.0654 e. The fraction of sp³-hybridized carbons (Fsp3) is 0.375. The highest BCUT2D eigenvalue weighted by atomic mass is 14.2. The molecule has 0 radical (unpaired) electrons. The molecule has 0 N–H and O–H groups in total. The molecule has 250 valence electrons. The normalized spacial score (nSPS) is 12.6. The molecule has 5 rings (SSSR count). The van der Waals surface area contributed by atoms with Crippen LogP contribution in [0.3, 0.4) is 0 Å². The van der Waals surface area contributed by atoms with E-state index in [2.05, 4.69) is 149 Å². The summed E-state index contributed by atoms with van der Waals surface area (Å²) in [6.45, 7) is 9.42. The quantitative estimate of drug-likeness (QED) is 0.0899. The van der Waals surface area contributed by atoms with Crippen LogP contribution in [0, 0.1) is 11.8 Å². The molecule has 0 aliphatic carbocycles. The standard InChI is InChI=1S/C48H58/c1-5-9-15-37(7-3)21-23-45-19-14-20-47(48(45)36-22-38(8-4)16-10-6-2)46-34-32-44(33-35-46)43-30-28-42(29-31-43)41-26-24-40(25-27-41)39-17-12-11-13-18-39/h11-14,17-20,24-35,37-38H,5-10,15-16,21-23,36H2,1-4H3. The van der Waals surface area contributed by atoms with E-state index in [4.69, 9.17) is 0 Å². The van der Waals surface area contributed by atoms with Gasteiger partial charge in [0.1, 0.15) is 0 Å². The van der Waals surface area contributed by atoms with Crippen molar-refractivity contribution in [2.45, 2.75) is 105 Å². The molecular formula is C48H58. The van der Waals surface area contributed by atoms with Crippen molar-refractivity contribution in [1.29, 1.82) is 0 Å². The van der Waals surface area contributed by atoms with Crippen LogP contribution in [0.15, 0.2) is 121 Å². The van der Waals surface area contributed by atoms with Gasteiger partial charge in [0.25, 0.3) is 0 Å². The summed E-state index contributed by atoms with van der Waals surface area (Å²) < 4.78 is 0. The van der Waals surface area contributed by atoms with Gasteiger partial charge in [-0.1, -0.05) is 200 Å². The third-order valence-corrected chi connectivity index (χ3v) is 10.7. The van der Waals surface area contributed by atoms with E-state index in [0.29, 0.717) is 0 Å². The van der Waals surface area contributed by atoms with Gasteiger partial charge in [-0.2, -0.15) is 0 Å². The Morgan fingerprint density at radius 3 is 1.23 bits per heavy atom. The summed E-state index contributed by atoms with van der Waals surface area (Å²) in [6.07, 6.45) is 15.6. The lowest BCUT2D eigenvalue weighted by Gasteiger charge is -2.21. The number of hydrogen-bond acceptors (Lipinski definition) is 0. The molecule has 0 saturated carbocycles. The zero-order valence-electron chi connectivity index (χ0n) is 30.2. The maximum absolute atomic E-state index is 2.43. The Kier molecular flexibility index (Phi) is 13.7. The van der Waals surface area contributed by atoms with Crippen molar-refractivity contribution in [2.75, 3.05) is 0 Å². The number of aryl methyl sites for hydroxylation is 1. The maximum Gasteiger partial charge on any atom is -0.0149 e. The van der Waals surface area contributed by atoms with Gasteiger partial charge in [0.2, 0.25) is 0 Å². The molecule has 0 nitrogen and oxygen atoms in total. The predicted octanol–water partition coefficient (Wildman–Crippen LogP) is 14.7. The minimum atomic E-state index is 0.825. The van der Waals surface area contributed by atoms with Gasteiger partial charge in [-0.05, 0) is 93.2 Å². The Morgan fingerprint density at radius 1 is 0.375 bits per heavy atom. The van der Waals surface area contributed by atoms with Crippen molar-refractivity contribution < 1.29 is 0 Å². The number of benzene rings is 5. The van der Waals surface area contributed by atoms with Crippen molar-refractivity contribution >= 4 is 0 Å². The fourth-order valence-corrected chi connectivity index (χ4v) is 7.42. The molecule has 5 aromatic carbocycles. The van der Waals surface area contributed by atoms with Gasteiger partial charge in [-0.15, -0.1) is 0 Å². The summed E-state index contributed by atoms with van der Waals surface area (Å²) in [5, 5.41) is 0. The van der Waals surface area contributed by atoms with E-state index < -0.39 is 0 Å². The second-order valence-electron chi connectivity index (χ2n) is 14.0. The Morgan fingerprint density at radius 2 is 0.792 bits per heavy atom. The van der Waals surface area contributed by atoms with E-state index >= 15 is 0 Å². The van der Waals surface area contributed by atoms with E-state index in [1.165, 1.54) is 122 Å². The minimum absolute atomic E-state index is 0.825. The highest BCUT2D eigenvalue weighted by molar-refractivity contribution is 5.76. The smallest absolute Gasteiger partial charge is 0.0149 e. The summed E-state index contributed by atoms with van der Waals surface area (Å²) in [6, 6.07) is 45.1. The van der Waals surface area contributed by atoms with Crippen molar-refractivity contribution in [2.24, 2.45) is 11.8 Å². The summed E-state index contributed by atoms with van der Waals surface area (Å²) in [5.41, 5.74) is 13.5. The number of unbranched alkanes of at least 4 members (excludes halogenated alkanes) is 2. The van der Waals surface area contributed by atoms with E-state index in [1.54, 1.807) is 11.1 Å². The van der Waals surface area contributed by atoms with E-state index in [1.807, 2.05) is 0 Å². The molecule has 5 aromatic rings. The second kappa shape index (κ2) is 18.6. The zero-order valence-corrected chi connectivity index (χ0v) is 30.2. The average Bonchev–Trinajstić information content (AvgIpc) is 3.16. The topological polar surface area (TPSA) is 0 Å². The highest BCUT2D eigenvalue weighted by Crippen LogP contribution is 2.34. The first-order valence-corrected chi connectivity index (χ1v) is 19.1. The van der Waals surface area contributed by atoms with Gasteiger partial charge in [0.05, 0.1) is 0 Å². The molecule has 0 fully saturated rings. The molecular weight excluding hydrogens is 577 g/mol. The lowest BCUT2D eigenvalue weighted by atomic mass is 9.84. The van der Waals surface area contributed by atoms with Gasteiger partial charge in [-0.25, -0.2) is 0 Å². The Bertz CT molecular complexity index is 1620. The monoisotopic (exact) mass is 634 g/mol. The van der Waals surface area contributed by atoms with Crippen LogP contribution in [-0.2, 0) is 12.8 Å². The van der Waals surface area contributed by atoms with Crippen LogP contribution >= 0.6 is 0 Å². The van der Waals surface area contributed by atoms with Crippen molar-refractivity contribution in [3.05, 3.63) is 132 Å². The number of rotatable bonds is 18. The van der Waals surface area contributed by atoms with E-state index in [9.17, 15) is 0 Å². The molecule has 0 aromatic heterocycles. The van der Waals surface area contributed by atoms with Gasteiger partial charge in [0.15, 0.2) is 0 Å². The first kappa shape index (κ1) is 35.4.